The molecule has 4 heteroatoms. The molecule has 2 N–H and O–H groups in total. The van der Waals surface area contributed by atoms with Crippen LogP contribution in [0.2, 0.25) is 0 Å². The van der Waals surface area contributed by atoms with Crippen molar-refractivity contribution in [3.05, 3.63) is 30.1 Å². The summed E-state index contributed by atoms with van der Waals surface area (Å²) in [5.74, 6) is -0.231. The van der Waals surface area contributed by atoms with Gasteiger partial charge in [-0.05, 0) is 24.0 Å². The molecule has 0 saturated heterocycles. The van der Waals surface area contributed by atoms with Crippen LogP contribution in [0, 0.1) is 11.2 Å². The van der Waals surface area contributed by atoms with E-state index in [1.165, 1.54) is 6.07 Å². The first-order valence-electron chi connectivity index (χ1n) is 6.71. The smallest absolute Gasteiger partial charge is 0.165 e. The van der Waals surface area contributed by atoms with Gasteiger partial charge < -0.3 is 15.2 Å². The number of halogens is 1. The Morgan fingerprint density at radius 2 is 2.05 bits per heavy atom. The molecule has 0 spiro atoms. The number of rotatable bonds is 8. The number of aliphatic hydroxyl groups is 1. The van der Waals surface area contributed by atoms with Crippen molar-refractivity contribution in [1.82, 2.24) is 5.32 Å². The highest BCUT2D eigenvalue weighted by molar-refractivity contribution is 5.23. The average molecular weight is 269 g/mol. The minimum Gasteiger partial charge on any atom is -0.488 e. The summed E-state index contributed by atoms with van der Waals surface area (Å²) in [6, 6.07) is 6.19. The fourth-order valence-electron chi connectivity index (χ4n) is 1.51. The van der Waals surface area contributed by atoms with Crippen molar-refractivity contribution in [2.45, 2.75) is 33.3 Å². The van der Waals surface area contributed by atoms with Crippen molar-refractivity contribution in [3.63, 3.8) is 0 Å². The first-order chi connectivity index (χ1) is 8.94. The SMILES string of the molecule is CCC(C)(C)CNCC(O)COc1ccccc1F. The van der Waals surface area contributed by atoms with Gasteiger partial charge in [0.1, 0.15) is 12.7 Å². The second-order valence-electron chi connectivity index (χ2n) is 5.54. The topological polar surface area (TPSA) is 41.5 Å². The first kappa shape index (κ1) is 15.9. The molecule has 0 fully saturated rings. The zero-order valence-corrected chi connectivity index (χ0v) is 11.9. The Hall–Kier alpha value is -1.13. The zero-order valence-electron chi connectivity index (χ0n) is 11.9. The van der Waals surface area contributed by atoms with Gasteiger partial charge in [0.05, 0.1) is 0 Å². The molecule has 108 valence electrons. The molecule has 19 heavy (non-hydrogen) atoms. The highest BCUT2D eigenvalue weighted by Crippen LogP contribution is 2.18. The van der Waals surface area contributed by atoms with Gasteiger partial charge in [-0.25, -0.2) is 4.39 Å². The molecule has 1 atom stereocenters. The van der Waals surface area contributed by atoms with Gasteiger partial charge in [-0.3, -0.25) is 0 Å². The molecule has 1 rings (SSSR count). The van der Waals surface area contributed by atoms with Gasteiger partial charge in [-0.2, -0.15) is 0 Å². The van der Waals surface area contributed by atoms with Crippen LogP contribution < -0.4 is 10.1 Å². The normalized spacial score (nSPS) is 13.3. The molecular formula is C15H24FNO2. The molecule has 1 aromatic rings. The van der Waals surface area contributed by atoms with Crippen molar-refractivity contribution >= 4 is 0 Å². The van der Waals surface area contributed by atoms with Crippen molar-refractivity contribution < 1.29 is 14.2 Å². The van der Waals surface area contributed by atoms with E-state index in [1.54, 1.807) is 18.2 Å². The van der Waals surface area contributed by atoms with Crippen LogP contribution in [-0.4, -0.2) is 30.9 Å². The second kappa shape index (κ2) is 7.46. The van der Waals surface area contributed by atoms with Gasteiger partial charge in [0.25, 0.3) is 0 Å². The van der Waals surface area contributed by atoms with Crippen LogP contribution in [0.4, 0.5) is 4.39 Å². The Labute approximate surface area is 114 Å². The molecule has 0 aliphatic carbocycles. The van der Waals surface area contributed by atoms with Gasteiger partial charge in [0.15, 0.2) is 11.6 Å². The maximum atomic E-state index is 13.3. The lowest BCUT2D eigenvalue weighted by Gasteiger charge is -2.24. The molecule has 3 nitrogen and oxygen atoms in total. The summed E-state index contributed by atoms with van der Waals surface area (Å²) >= 11 is 0. The van der Waals surface area contributed by atoms with Crippen LogP contribution in [0.25, 0.3) is 0 Å². The van der Waals surface area contributed by atoms with Crippen LogP contribution in [0.1, 0.15) is 27.2 Å². The number of hydrogen-bond donors (Lipinski definition) is 2. The molecule has 1 unspecified atom stereocenters. The molecule has 0 aromatic heterocycles. The third kappa shape index (κ3) is 6.03. The Morgan fingerprint density at radius 1 is 1.37 bits per heavy atom. The minimum atomic E-state index is -0.646. The predicted octanol–water partition coefficient (Wildman–Crippen LogP) is 2.59. The van der Waals surface area contributed by atoms with E-state index >= 15 is 0 Å². The molecule has 0 heterocycles. The van der Waals surface area contributed by atoms with Crippen molar-refractivity contribution in [1.29, 1.82) is 0 Å². The summed E-state index contributed by atoms with van der Waals surface area (Å²) in [7, 11) is 0. The van der Waals surface area contributed by atoms with E-state index in [-0.39, 0.29) is 17.8 Å². The van der Waals surface area contributed by atoms with E-state index in [0.29, 0.717) is 6.54 Å². The van der Waals surface area contributed by atoms with Gasteiger partial charge in [-0.1, -0.05) is 32.9 Å². The summed E-state index contributed by atoms with van der Waals surface area (Å²) in [6.45, 7) is 7.84. The Kier molecular flexibility index (Phi) is 6.25. The van der Waals surface area contributed by atoms with Gasteiger partial charge >= 0.3 is 0 Å². The Bertz CT molecular complexity index is 382. The molecule has 0 aliphatic heterocycles. The number of benzene rings is 1. The fourth-order valence-corrected chi connectivity index (χ4v) is 1.51. The van der Waals surface area contributed by atoms with Crippen LogP contribution in [0.5, 0.6) is 5.75 Å². The molecule has 0 radical (unpaired) electrons. The second-order valence-corrected chi connectivity index (χ2v) is 5.54. The van der Waals surface area contributed by atoms with E-state index < -0.39 is 11.9 Å². The molecular weight excluding hydrogens is 245 g/mol. The summed E-state index contributed by atoms with van der Waals surface area (Å²) in [5, 5.41) is 13.0. The third-order valence-corrected chi connectivity index (χ3v) is 3.21. The largest absolute Gasteiger partial charge is 0.488 e. The van der Waals surface area contributed by atoms with Crippen LogP contribution in [0.15, 0.2) is 24.3 Å². The van der Waals surface area contributed by atoms with Gasteiger partial charge in [-0.15, -0.1) is 0 Å². The highest BCUT2D eigenvalue weighted by Gasteiger charge is 2.15. The number of nitrogens with one attached hydrogen (secondary N) is 1. The Balaban J connectivity index is 2.25. The van der Waals surface area contributed by atoms with Gasteiger partial charge in [0, 0.05) is 13.1 Å². The van der Waals surface area contributed by atoms with E-state index in [2.05, 4.69) is 26.1 Å². The summed E-state index contributed by atoms with van der Waals surface area (Å²) in [4.78, 5) is 0. The monoisotopic (exact) mass is 269 g/mol. The maximum absolute atomic E-state index is 13.3. The number of ether oxygens (including phenoxy) is 1. The molecule has 0 aliphatic rings. The van der Waals surface area contributed by atoms with Crippen LogP contribution in [0.3, 0.4) is 0 Å². The first-order valence-corrected chi connectivity index (χ1v) is 6.71. The number of hydrogen-bond acceptors (Lipinski definition) is 3. The maximum Gasteiger partial charge on any atom is 0.165 e. The van der Waals surface area contributed by atoms with Crippen molar-refractivity contribution in [2.24, 2.45) is 5.41 Å². The highest BCUT2D eigenvalue weighted by atomic mass is 19.1. The predicted molar refractivity (Wildman–Crippen MR) is 74.8 cm³/mol. The van der Waals surface area contributed by atoms with Crippen molar-refractivity contribution in [2.75, 3.05) is 19.7 Å². The minimum absolute atomic E-state index is 0.0838. The summed E-state index contributed by atoms with van der Waals surface area (Å²) in [5.41, 5.74) is 0.214. The standard InChI is InChI=1S/C15H24FNO2/c1-4-15(2,3)11-17-9-12(18)10-19-14-8-6-5-7-13(14)16/h5-8,12,17-18H,4,9-11H2,1-3H3. The lowest BCUT2D eigenvalue weighted by molar-refractivity contribution is 0.101. The van der Waals surface area contributed by atoms with Crippen molar-refractivity contribution in [3.8, 4) is 5.75 Å². The lowest BCUT2D eigenvalue weighted by Crippen LogP contribution is -2.36. The summed E-state index contributed by atoms with van der Waals surface area (Å²) < 4.78 is 18.5. The van der Waals surface area contributed by atoms with Crippen LogP contribution in [-0.2, 0) is 0 Å². The molecule has 0 saturated carbocycles. The van der Waals surface area contributed by atoms with E-state index in [0.717, 1.165) is 13.0 Å². The van der Waals surface area contributed by atoms with E-state index in [9.17, 15) is 9.50 Å². The molecule has 1 aromatic carbocycles. The molecule has 0 amide bonds. The summed E-state index contributed by atoms with van der Waals surface area (Å²) in [6.07, 6.45) is 0.425. The third-order valence-electron chi connectivity index (χ3n) is 3.21. The van der Waals surface area contributed by atoms with E-state index in [1.807, 2.05) is 0 Å². The Morgan fingerprint density at radius 3 is 2.68 bits per heavy atom. The average Bonchev–Trinajstić information content (AvgIpc) is 2.37. The lowest BCUT2D eigenvalue weighted by atomic mass is 9.90. The van der Waals surface area contributed by atoms with Crippen LogP contribution >= 0.6 is 0 Å². The number of aliphatic hydroxyl groups excluding tert-OH is 1. The quantitative estimate of drug-likeness (QED) is 0.762. The molecule has 0 bridgehead atoms. The number of para-hydroxylation sites is 1. The van der Waals surface area contributed by atoms with E-state index in [4.69, 9.17) is 4.74 Å². The zero-order chi connectivity index (χ0) is 14.3. The van der Waals surface area contributed by atoms with Gasteiger partial charge in [0.2, 0.25) is 0 Å². The fraction of sp³-hybridized carbons (Fsp3) is 0.600.